The van der Waals surface area contributed by atoms with Crippen LogP contribution in [0.3, 0.4) is 0 Å². The highest BCUT2D eigenvalue weighted by molar-refractivity contribution is 7.98. The summed E-state index contributed by atoms with van der Waals surface area (Å²) in [5, 5.41) is 3.34. The molecule has 0 radical (unpaired) electrons. The molecule has 102 valence electrons. The summed E-state index contributed by atoms with van der Waals surface area (Å²) < 4.78 is 5.61. The number of aryl methyl sites for hydroxylation is 1. The quantitative estimate of drug-likeness (QED) is 0.854. The molecule has 3 heterocycles. The fourth-order valence-electron chi connectivity index (χ4n) is 2.15. The first-order valence-corrected chi connectivity index (χ1v) is 8.68. The molecular formula is C14H18N2OS2. The normalized spacial score (nSPS) is 14.6. The number of hydrogen-bond acceptors (Lipinski definition) is 5. The lowest BCUT2D eigenvalue weighted by Crippen LogP contribution is -2.13. The van der Waals surface area contributed by atoms with Gasteiger partial charge in [-0.15, -0.1) is 11.3 Å². The van der Waals surface area contributed by atoms with Gasteiger partial charge in [0.1, 0.15) is 6.26 Å². The van der Waals surface area contributed by atoms with E-state index in [0.717, 1.165) is 36.8 Å². The summed E-state index contributed by atoms with van der Waals surface area (Å²) in [6, 6.07) is 2.25. The van der Waals surface area contributed by atoms with E-state index in [2.05, 4.69) is 23.3 Å². The van der Waals surface area contributed by atoms with Gasteiger partial charge in [0.25, 0.3) is 0 Å². The van der Waals surface area contributed by atoms with Crippen LogP contribution in [0.4, 0.5) is 0 Å². The molecule has 5 heteroatoms. The third-order valence-electron chi connectivity index (χ3n) is 3.12. The van der Waals surface area contributed by atoms with Gasteiger partial charge < -0.3 is 9.73 Å². The number of nitrogens with zero attached hydrogens (tertiary/aromatic N) is 1. The third-order valence-corrected chi connectivity index (χ3v) is 5.36. The molecule has 0 spiro atoms. The monoisotopic (exact) mass is 294 g/mol. The molecule has 1 N–H and O–H groups in total. The number of fused-ring (bicyclic) bond motifs is 1. The molecule has 19 heavy (non-hydrogen) atoms. The van der Waals surface area contributed by atoms with E-state index in [1.54, 1.807) is 6.26 Å². The van der Waals surface area contributed by atoms with Crippen LogP contribution in [0.1, 0.15) is 29.5 Å². The lowest BCUT2D eigenvalue weighted by Gasteiger charge is -2.08. The summed E-state index contributed by atoms with van der Waals surface area (Å²) in [4.78, 5) is 7.26. The van der Waals surface area contributed by atoms with Crippen LogP contribution in [0.2, 0.25) is 0 Å². The van der Waals surface area contributed by atoms with Crippen LogP contribution in [0, 0.1) is 0 Å². The van der Waals surface area contributed by atoms with Crippen LogP contribution in [-0.4, -0.2) is 17.3 Å². The van der Waals surface area contributed by atoms with Gasteiger partial charge in [-0.25, -0.2) is 4.98 Å². The minimum absolute atomic E-state index is 0.776. The molecule has 0 saturated heterocycles. The van der Waals surface area contributed by atoms with Crippen molar-refractivity contribution in [2.24, 2.45) is 0 Å². The number of thioether (sulfide) groups is 1. The van der Waals surface area contributed by atoms with Crippen molar-refractivity contribution < 1.29 is 4.42 Å². The minimum Gasteiger partial charge on any atom is -0.444 e. The summed E-state index contributed by atoms with van der Waals surface area (Å²) >= 11 is 3.85. The molecule has 1 aliphatic heterocycles. The zero-order chi connectivity index (χ0) is 13.1. The van der Waals surface area contributed by atoms with Crippen LogP contribution >= 0.6 is 23.1 Å². The van der Waals surface area contributed by atoms with Gasteiger partial charge in [-0.1, -0.05) is 6.92 Å². The third kappa shape index (κ3) is 3.04. The topological polar surface area (TPSA) is 38.1 Å². The van der Waals surface area contributed by atoms with Gasteiger partial charge in [0.05, 0.1) is 10.6 Å². The van der Waals surface area contributed by atoms with Crippen molar-refractivity contribution in [1.29, 1.82) is 0 Å². The van der Waals surface area contributed by atoms with Gasteiger partial charge in [0.2, 0.25) is 5.89 Å². The summed E-state index contributed by atoms with van der Waals surface area (Å²) in [5.41, 5.74) is 2.46. The number of hydrogen-bond donors (Lipinski definition) is 1. The lowest BCUT2D eigenvalue weighted by atomic mass is 10.2. The van der Waals surface area contributed by atoms with Gasteiger partial charge in [-0.2, -0.15) is 11.8 Å². The Hall–Kier alpha value is -0.780. The Labute approximate surface area is 121 Å². The molecule has 0 aliphatic carbocycles. The Kier molecular flexibility index (Phi) is 4.25. The Balaban J connectivity index is 1.73. The molecule has 2 aromatic rings. The second-order valence-electron chi connectivity index (χ2n) is 4.68. The molecular weight excluding hydrogens is 276 g/mol. The van der Waals surface area contributed by atoms with E-state index in [0.29, 0.717) is 0 Å². The van der Waals surface area contributed by atoms with Gasteiger partial charge in [-0.05, 0) is 36.8 Å². The summed E-state index contributed by atoms with van der Waals surface area (Å²) in [6.07, 6.45) is 4.10. The molecule has 0 bridgehead atoms. The number of thiophene rings is 1. The van der Waals surface area contributed by atoms with E-state index >= 15 is 0 Å². The largest absolute Gasteiger partial charge is 0.444 e. The maximum Gasteiger partial charge on any atom is 0.236 e. The molecule has 0 unspecified atom stereocenters. The van der Waals surface area contributed by atoms with Crippen molar-refractivity contribution in [2.45, 2.75) is 32.1 Å². The molecule has 0 fully saturated rings. The summed E-state index contributed by atoms with van der Waals surface area (Å²) in [5.74, 6) is 3.15. The van der Waals surface area contributed by atoms with Crippen LogP contribution in [0.25, 0.3) is 10.8 Å². The molecule has 3 nitrogen and oxygen atoms in total. The summed E-state index contributed by atoms with van der Waals surface area (Å²) in [6.45, 7) is 3.97. The number of rotatable bonds is 5. The van der Waals surface area contributed by atoms with E-state index in [-0.39, 0.29) is 0 Å². The average molecular weight is 294 g/mol. The Morgan fingerprint density at radius 2 is 2.42 bits per heavy atom. The Morgan fingerprint density at radius 1 is 1.47 bits per heavy atom. The van der Waals surface area contributed by atoms with Crippen LogP contribution in [0.5, 0.6) is 0 Å². The highest BCUT2D eigenvalue weighted by Gasteiger charge is 2.17. The van der Waals surface area contributed by atoms with Gasteiger partial charge >= 0.3 is 0 Å². The van der Waals surface area contributed by atoms with E-state index in [4.69, 9.17) is 4.42 Å². The van der Waals surface area contributed by atoms with Crippen LogP contribution in [0.15, 0.2) is 16.7 Å². The Bertz CT molecular complexity index is 524. The van der Waals surface area contributed by atoms with Crippen molar-refractivity contribution in [3.63, 3.8) is 0 Å². The molecule has 3 rings (SSSR count). The van der Waals surface area contributed by atoms with Crippen molar-refractivity contribution in [1.82, 2.24) is 10.3 Å². The first kappa shape index (κ1) is 13.2. The number of oxazole rings is 1. The number of aromatic nitrogens is 1. The van der Waals surface area contributed by atoms with Crippen LogP contribution < -0.4 is 5.32 Å². The molecule has 0 saturated carbocycles. The first-order valence-electron chi connectivity index (χ1n) is 6.71. The average Bonchev–Trinajstić information content (AvgIpc) is 3.04. The molecule has 0 aromatic carbocycles. The SMILES string of the molecule is CCCNCc1coc(-c2cc3c(s2)CCSC3)n1. The highest BCUT2D eigenvalue weighted by atomic mass is 32.2. The predicted molar refractivity (Wildman–Crippen MR) is 81.7 cm³/mol. The van der Waals surface area contributed by atoms with Gasteiger partial charge in [0, 0.05) is 17.2 Å². The smallest absolute Gasteiger partial charge is 0.236 e. The van der Waals surface area contributed by atoms with Gasteiger partial charge in [-0.3, -0.25) is 0 Å². The fraction of sp³-hybridized carbons (Fsp3) is 0.500. The fourth-order valence-corrected chi connectivity index (χ4v) is 4.45. The van der Waals surface area contributed by atoms with E-state index in [1.807, 2.05) is 23.1 Å². The first-order chi connectivity index (χ1) is 9.36. The van der Waals surface area contributed by atoms with E-state index < -0.39 is 0 Å². The maximum atomic E-state index is 5.61. The van der Waals surface area contributed by atoms with Crippen molar-refractivity contribution in [2.75, 3.05) is 12.3 Å². The zero-order valence-electron chi connectivity index (χ0n) is 11.1. The van der Waals surface area contributed by atoms with E-state index in [9.17, 15) is 0 Å². The van der Waals surface area contributed by atoms with Gasteiger partial charge in [0.15, 0.2) is 0 Å². The van der Waals surface area contributed by atoms with Crippen molar-refractivity contribution in [3.05, 3.63) is 28.5 Å². The molecule has 1 aliphatic rings. The molecule has 0 atom stereocenters. The molecule has 2 aromatic heterocycles. The highest BCUT2D eigenvalue weighted by Crippen LogP contribution is 2.36. The predicted octanol–water partition coefficient (Wildman–Crippen LogP) is 3.69. The Morgan fingerprint density at radius 3 is 3.26 bits per heavy atom. The second-order valence-corrected chi connectivity index (χ2v) is 6.92. The summed E-state index contributed by atoms with van der Waals surface area (Å²) in [7, 11) is 0. The number of nitrogens with one attached hydrogen (secondary N) is 1. The van der Waals surface area contributed by atoms with Crippen molar-refractivity contribution in [3.8, 4) is 10.8 Å². The standard InChI is InChI=1S/C14H18N2OS2/c1-2-4-15-7-11-8-17-14(16-11)13-6-10-9-18-5-3-12(10)19-13/h6,8,15H,2-5,7,9H2,1H3. The van der Waals surface area contributed by atoms with Crippen molar-refractivity contribution >= 4 is 23.1 Å². The minimum atomic E-state index is 0.776. The second kappa shape index (κ2) is 6.11. The molecule has 0 amide bonds. The van der Waals surface area contributed by atoms with E-state index in [1.165, 1.54) is 27.5 Å². The zero-order valence-corrected chi connectivity index (χ0v) is 12.7. The lowest BCUT2D eigenvalue weighted by molar-refractivity contribution is 0.571. The van der Waals surface area contributed by atoms with Crippen LogP contribution in [-0.2, 0) is 18.7 Å². The maximum absolute atomic E-state index is 5.61.